The highest BCUT2D eigenvalue weighted by molar-refractivity contribution is 6.00. The van der Waals surface area contributed by atoms with Crippen molar-refractivity contribution < 1.29 is 4.74 Å². The summed E-state index contributed by atoms with van der Waals surface area (Å²) in [6.07, 6.45) is 0. The smallest absolute Gasteiger partial charge is 0.118 e. The maximum Gasteiger partial charge on any atom is 0.118 e. The van der Waals surface area contributed by atoms with E-state index in [1.54, 1.807) is 7.11 Å². The zero-order valence-electron chi connectivity index (χ0n) is 12.4. The topological polar surface area (TPSA) is 24.8 Å². The molecule has 0 fully saturated rings. The lowest BCUT2D eigenvalue weighted by molar-refractivity contribution is 0.415. The summed E-state index contributed by atoms with van der Waals surface area (Å²) in [5, 5.41) is 0. The molecule has 0 aliphatic heterocycles. The molecule has 0 bridgehead atoms. The molecule has 0 atom stereocenters. The minimum absolute atomic E-state index is 0.858. The van der Waals surface area contributed by atoms with Gasteiger partial charge in [0.25, 0.3) is 0 Å². The molecule has 2 aromatic rings. The Hall–Kier alpha value is -2.29. The van der Waals surface area contributed by atoms with E-state index >= 15 is 0 Å². The van der Waals surface area contributed by atoms with E-state index in [1.807, 2.05) is 57.4 Å². The summed E-state index contributed by atoms with van der Waals surface area (Å²) in [6, 6.07) is 16.1. The zero-order chi connectivity index (χ0) is 14.5. The van der Waals surface area contributed by atoms with Crippen LogP contribution in [-0.2, 0) is 0 Å². The molecule has 0 aliphatic carbocycles. The van der Waals surface area contributed by atoms with Gasteiger partial charge in [-0.05, 0) is 61.0 Å². The Morgan fingerprint density at radius 3 is 2.05 bits per heavy atom. The van der Waals surface area contributed by atoms with Crippen molar-refractivity contribution in [3.8, 4) is 5.75 Å². The summed E-state index contributed by atoms with van der Waals surface area (Å²) < 4.78 is 5.16. The minimum atomic E-state index is 0.858. The van der Waals surface area contributed by atoms with Crippen molar-refractivity contribution in [2.45, 2.75) is 6.92 Å². The molecule has 0 unspecified atom stereocenters. The lowest BCUT2D eigenvalue weighted by Crippen LogP contribution is -2.07. The van der Waals surface area contributed by atoms with E-state index in [0.717, 1.165) is 22.7 Å². The van der Waals surface area contributed by atoms with Crippen molar-refractivity contribution in [2.24, 2.45) is 4.99 Å². The molecule has 0 radical (unpaired) electrons. The number of rotatable bonds is 4. The number of benzene rings is 2. The minimum Gasteiger partial charge on any atom is -0.497 e. The van der Waals surface area contributed by atoms with Crippen LogP contribution < -0.4 is 9.64 Å². The first-order valence-electron chi connectivity index (χ1n) is 6.57. The van der Waals surface area contributed by atoms with Crippen LogP contribution in [0.3, 0.4) is 0 Å². The maximum atomic E-state index is 5.16. The summed E-state index contributed by atoms with van der Waals surface area (Å²) >= 11 is 0. The molecule has 0 aromatic heterocycles. The van der Waals surface area contributed by atoms with Gasteiger partial charge in [0.05, 0.1) is 12.8 Å². The summed E-state index contributed by atoms with van der Waals surface area (Å²) in [6.45, 7) is 2.02. The molecule has 3 heteroatoms. The molecular formula is C17H20N2O. The van der Waals surface area contributed by atoms with Gasteiger partial charge in [-0.25, -0.2) is 0 Å². The fraction of sp³-hybridized carbons (Fsp3) is 0.235. The zero-order valence-corrected chi connectivity index (χ0v) is 12.4. The van der Waals surface area contributed by atoms with Gasteiger partial charge < -0.3 is 9.64 Å². The molecule has 0 spiro atoms. The highest BCUT2D eigenvalue weighted by atomic mass is 16.5. The average Bonchev–Trinajstić information content (AvgIpc) is 2.48. The monoisotopic (exact) mass is 268 g/mol. The highest BCUT2D eigenvalue weighted by Crippen LogP contribution is 2.20. The lowest BCUT2D eigenvalue weighted by Gasteiger charge is -2.11. The summed E-state index contributed by atoms with van der Waals surface area (Å²) in [4.78, 5) is 6.72. The van der Waals surface area contributed by atoms with Crippen LogP contribution in [-0.4, -0.2) is 26.9 Å². The van der Waals surface area contributed by atoms with Crippen LogP contribution in [0.1, 0.15) is 12.5 Å². The van der Waals surface area contributed by atoms with Gasteiger partial charge in [-0.3, -0.25) is 4.99 Å². The van der Waals surface area contributed by atoms with E-state index in [4.69, 9.17) is 4.74 Å². The van der Waals surface area contributed by atoms with Gasteiger partial charge in [0, 0.05) is 25.5 Å². The Balaban J connectivity index is 2.20. The van der Waals surface area contributed by atoms with Crippen LogP contribution in [0.25, 0.3) is 0 Å². The SMILES string of the molecule is COc1ccc(C(C)=Nc2ccc(N(C)C)cc2)cc1. The Morgan fingerprint density at radius 1 is 0.950 bits per heavy atom. The number of hydrogen-bond donors (Lipinski definition) is 0. The molecule has 0 amide bonds. The van der Waals surface area contributed by atoms with Crippen LogP contribution in [0, 0.1) is 0 Å². The first kappa shape index (κ1) is 14.1. The third kappa shape index (κ3) is 3.38. The molecule has 104 valence electrons. The second-order valence-corrected chi connectivity index (χ2v) is 4.84. The van der Waals surface area contributed by atoms with E-state index in [2.05, 4.69) is 22.0 Å². The van der Waals surface area contributed by atoms with Gasteiger partial charge in [0.1, 0.15) is 5.75 Å². The van der Waals surface area contributed by atoms with Gasteiger partial charge in [-0.15, -0.1) is 0 Å². The molecule has 3 nitrogen and oxygen atoms in total. The quantitative estimate of drug-likeness (QED) is 0.786. The first-order valence-corrected chi connectivity index (χ1v) is 6.57. The number of ether oxygens (including phenoxy) is 1. The molecule has 0 heterocycles. The molecule has 0 N–H and O–H groups in total. The normalized spacial score (nSPS) is 11.3. The van der Waals surface area contributed by atoms with Crippen molar-refractivity contribution in [1.82, 2.24) is 0 Å². The predicted molar refractivity (Wildman–Crippen MR) is 85.6 cm³/mol. The van der Waals surface area contributed by atoms with Gasteiger partial charge >= 0.3 is 0 Å². The van der Waals surface area contributed by atoms with E-state index < -0.39 is 0 Å². The molecule has 2 aromatic carbocycles. The van der Waals surface area contributed by atoms with Crippen molar-refractivity contribution in [3.63, 3.8) is 0 Å². The molecule has 0 aliphatic rings. The number of methoxy groups -OCH3 is 1. The highest BCUT2D eigenvalue weighted by Gasteiger charge is 2.00. The van der Waals surface area contributed by atoms with Crippen LogP contribution in [0.2, 0.25) is 0 Å². The van der Waals surface area contributed by atoms with Gasteiger partial charge in [-0.1, -0.05) is 0 Å². The second-order valence-electron chi connectivity index (χ2n) is 4.84. The standard InChI is InChI=1S/C17H20N2O/c1-13(14-5-11-17(20-4)12-6-14)18-15-7-9-16(10-8-15)19(2)3/h5-12H,1-4H3. The second kappa shape index (κ2) is 6.24. The summed E-state index contributed by atoms with van der Waals surface area (Å²) in [7, 11) is 5.73. The Bertz CT molecular complexity index is 583. The molecule has 0 saturated heterocycles. The Kier molecular flexibility index (Phi) is 4.41. The van der Waals surface area contributed by atoms with E-state index in [-0.39, 0.29) is 0 Å². The number of nitrogens with zero attached hydrogens (tertiary/aromatic N) is 2. The number of anilines is 1. The molecule has 20 heavy (non-hydrogen) atoms. The summed E-state index contributed by atoms with van der Waals surface area (Å²) in [5.74, 6) is 0.858. The molecular weight excluding hydrogens is 248 g/mol. The largest absolute Gasteiger partial charge is 0.497 e. The third-order valence-electron chi connectivity index (χ3n) is 3.17. The van der Waals surface area contributed by atoms with E-state index in [9.17, 15) is 0 Å². The van der Waals surface area contributed by atoms with Crippen LogP contribution >= 0.6 is 0 Å². The van der Waals surface area contributed by atoms with Crippen molar-refractivity contribution in [2.75, 3.05) is 26.1 Å². The van der Waals surface area contributed by atoms with Crippen molar-refractivity contribution in [3.05, 3.63) is 54.1 Å². The fourth-order valence-corrected chi connectivity index (χ4v) is 1.92. The Morgan fingerprint density at radius 2 is 1.55 bits per heavy atom. The molecule has 0 saturated carbocycles. The fourth-order valence-electron chi connectivity index (χ4n) is 1.92. The number of aliphatic imine (C=N–C) groups is 1. The van der Waals surface area contributed by atoms with Gasteiger partial charge in [0.15, 0.2) is 0 Å². The van der Waals surface area contributed by atoms with Crippen LogP contribution in [0.15, 0.2) is 53.5 Å². The summed E-state index contributed by atoms with van der Waals surface area (Å²) in [5.41, 5.74) is 4.22. The predicted octanol–water partition coefficient (Wildman–Crippen LogP) is 3.90. The van der Waals surface area contributed by atoms with Crippen LogP contribution in [0.4, 0.5) is 11.4 Å². The van der Waals surface area contributed by atoms with Gasteiger partial charge in [0.2, 0.25) is 0 Å². The van der Waals surface area contributed by atoms with Crippen LogP contribution in [0.5, 0.6) is 5.75 Å². The van der Waals surface area contributed by atoms with Crippen molar-refractivity contribution in [1.29, 1.82) is 0 Å². The molecule has 2 rings (SSSR count). The first-order chi connectivity index (χ1) is 9.60. The third-order valence-corrected chi connectivity index (χ3v) is 3.17. The lowest BCUT2D eigenvalue weighted by atomic mass is 10.1. The van der Waals surface area contributed by atoms with Crippen molar-refractivity contribution >= 4 is 17.1 Å². The maximum absolute atomic E-state index is 5.16. The van der Waals surface area contributed by atoms with Gasteiger partial charge in [-0.2, -0.15) is 0 Å². The van der Waals surface area contributed by atoms with E-state index in [0.29, 0.717) is 0 Å². The average molecular weight is 268 g/mol. The van der Waals surface area contributed by atoms with E-state index in [1.165, 1.54) is 5.69 Å². The Labute approximate surface area is 120 Å². The number of hydrogen-bond acceptors (Lipinski definition) is 3.